The van der Waals surface area contributed by atoms with Crippen molar-refractivity contribution in [1.82, 2.24) is 0 Å². The molecule has 0 aliphatic rings. The molecule has 3 nitrogen and oxygen atoms in total. The lowest BCUT2D eigenvalue weighted by Crippen LogP contribution is -2.23. The van der Waals surface area contributed by atoms with E-state index >= 15 is 0 Å². The quantitative estimate of drug-likeness (QED) is 0.802. The minimum atomic E-state index is -0.467. The Kier molecular flexibility index (Phi) is 4.77. The minimum Gasteiger partial charge on any atom is -0.393 e. The average molecular weight is 223 g/mol. The number of nitrogens with zero attached hydrogens (tertiary/aromatic N) is 1. The first-order chi connectivity index (χ1) is 7.52. The van der Waals surface area contributed by atoms with Gasteiger partial charge in [-0.3, -0.25) is 0 Å². The number of aliphatic hydroxyl groups is 2. The molecule has 90 valence electrons. The molecular weight excluding hydrogens is 202 g/mol. The highest BCUT2D eigenvalue weighted by atomic mass is 16.3. The third-order valence-electron chi connectivity index (χ3n) is 2.68. The zero-order valence-corrected chi connectivity index (χ0v) is 10.2. The number of rotatable bonds is 5. The van der Waals surface area contributed by atoms with E-state index in [1.165, 1.54) is 0 Å². The lowest BCUT2D eigenvalue weighted by Gasteiger charge is -2.24. The van der Waals surface area contributed by atoms with Gasteiger partial charge in [0.15, 0.2) is 0 Å². The third kappa shape index (κ3) is 3.51. The Labute approximate surface area is 97.3 Å². The predicted octanol–water partition coefficient (Wildman–Crippen LogP) is 1.95. The molecule has 0 aliphatic carbocycles. The molecule has 1 aromatic carbocycles. The zero-order chi connectivity index (χ0) is 12.1. The first-order valence-electron chi connectivity index (χ1n) is 5.68. The highest BCUT2D eigenvalue weighted by Crippen LogP contribution is 2.25. The van der Waals surface area contributed by atoms with Gasteiger partial charge in [-0.15, -0.1) is 0 Å². The van der Waals surface area contributed by atoms with Crippen molar-refractivity contribution in [1.29, 1.82) is 0 Å². The van der Waals surface area contributed by atoms with E-state index in [9.17, 15) is 10.2 Å². The molecule has 0 aromatic heterocycles. The second-order valence-corrected chi connectivity index (χ2v) is 4.29. The lowest BCUT2D eigenvalue weighted by atomic mass is 10.1. The van der Waals surface area contributed by atoms with Crippen LogP contribution in [-0.2, 0) is 0 Å². The number of benzene rings is 1. The Morgan fingerprint density at radius 3 is 2.38 bits per heavy atom. The minimum absolute atomic E-state index is 0.291. The van der Waals surface area contributed by atoms with Crippen LogP contribution in [0.25, 0.3) is 0 Å². The van der Waals surface area contributed by atoms with Gasteiger partial charge < -0.3 is 15.1 Å². The highest BCUT2D eigenvalue weighted by Gasteiger charge is 2.11. The molecule has 16 heavy (non-hydrogen) atoms. The molecule has 0 saturated carbocycles. The summed E-state index contributed by atoms with van der Waals surface area (Å²) in [6, 6.07) is 7.80. The van der Waals surface area contributed by atoms with Crippen molar-refractivity contribution in [3.63, 3.8) is 0 Å². The van der Waals surface area contributed by atoms with E-state index in [2.05, 4.69) is 4.90 Å². The van der Waals surface area contributed by atoms with Crippen LogP contribution in [0.1, 0.15) is 31.9 Å². The number of aliphatic hydroxyl groups excluding tert-OH is 2. The largest absolute Gasteiger partial charge is 0.393 e. The van der Waals surface area contributed by atoms with Gasteiger partial charge in [0.1, 0.15) is 0 Å². The van der Waals surface area contributed by atoms with Crippen LogP contribution in [0.5, 0.6) is 0 Å². The van der Waals surface area contributed by atoms with E-state index in [0.29, 0.717) is 0 Å². The zero-order valence-electron chi connectivity index (χ0n) is 10.2. The van der Waals surface area contributed by atoms with Crippen LogP contribution in [0, 0.1) is 0 Å². The molecule has 0 heterocycles. The van der Waals surface area contributed by atoms with E-state index < -0.39 is 6.10 Å². The first-order valence-corrected chi connectivity index (χ1v) is 5.68. The Morgan fingerprint density at radius 1 is 1.19 bits per heavy atom. The van der Waals surface area contributed by atoms with E-state index in [1.54, 1.807) is 13.8 Å². The van der Waals surface area contributed by atoms with E-state index in [1.807, 2.05) is 31.3 Å². The van der Waals surface area contributed by atoms with Crippen molar-refractivity contribution < 1.29 is 10.2 Å². The Hall–Kier alpha value is -1.06. The summed E-state index contributed by atoms with van der Waals surface area (Å²) in [5.74, 6) is 0. The maximum absolute atomic E-state index is 9.65. The predicted molar refractivity (Wildman–Crippen MR) is 66.6 cm³/mol. The van der Waals surface area contributed by atoms with Gasteiger partial charge in [0.05, 0.1) is 12.2 Å². The van der Waals surface area contributed by atoms with Crippen LogP contribution >= 0.6 is 0 Å². The van der Waals surface area contributed by atoms with Gasteiger partial charge in [-0.1, -0.05) is 18.2 Å². The van der Waals surface area contributed by atoms with Gasteiger partial charge in [-0.05, 0) is 26.3 Å². The number of hydrogen-bond acceptors (Lipinski definition) is 3. The molecule has 1 unspecified atom stereocenters. The molecule has 1 aromatic rings. The van der Waals surface area contributed by atoms with Crippen LogP contribution in [0.2, 0.25) is 0 Å². The average Bonchev–Trinajstić information content (AvgIpc) is 2.25. The van der Waals surface area contributed by atoms with E-state index in [4.69, 9.17) is 0 Å². The maximum Gasteiger partial charge on any atom is 0.0781 e. The highest BCUT2D eigenvalue weighted by molar-refractivity contribution is 5.53. The lowest BCUT2D eigenvalue weighted by molar-refractivity contribution is 0.186. The van der Waals surface area contributed by atoms with Crippen molar-refractivity contribution in [2.75, 3.05) is 18.5 Å². The topological polar surface area (TPSA) is 43.7 Å². The Bertz CT molecular complexity index is 323. The standard InChI is InChI=1S/C13H21NO2/c1-10(15)8-9-14(3)13-7-5-4-6-12(13)11(2)16/h4-7,10-11,15-16H,8-9H2,1-3H3/t10?,11-/m0/s1. The fourth-order valence-corrected chi connectivity index (χ4v) is 1.69. The molecule has 3 heteroatoms. The fourth-order valence-electron chi connectivity index (χ4n) is 1.69. The summed E-state index contributed by atoms with van der Waals surface area (Å²) in [6.45, 7) is 4.33. The van der Waals surface area contributed by atoms with Gasteiger partial charge in [-0.25, -0.2) is 0 Å². The molecule has 1 rings (SSSR count). The molecule has 0 saturated heterocycles. The van der Waals surface area contributed by atoms with Gasteiger partial charge in [0.2, 0.25) is 0 Å². The van der Waals surface area contributed by atoms with Crippen molar-refractivity contribution >= 4 is 5.69 Å². The molecule has 0 aliphatic heterocycles. The second kappa shape index (κ2) is 5.87. The molecule has 0 spiro atoms. The molecular formula is C13H21NO2. The normalized spacial score (nSPS) is 14.6. The van der Waals surface area contributed by atoms with Crippen molar-refractivity contribution in [3.8, 4) is 0 Å². The SMILES string of the molecule is CC(O)CCN(C)c1ccccc1[C@H](C)O. The van der Waals surface area contributed by atoms with Crippen LogP contribution in [0.4, 0.5) is 5.69 Å². The van der Waals surface area contributed by atoms with Crippen LogP contribution in [0.3, 0.4) is 0 Å². The second-order valence-electron chi connectivity index (χ2n) is 4.29. The smallest absolute Gasteiger partial charge is 0.0781 e. The molecule has 2 atom stereocenters. The van der Waals surface area contributed by atoms with Crippen LogP contribution < -0.4 is 4.90 Å². The molecule has 0 bridgehead atoms. The van der Waals surface area contributed by atoms with Gasteiger partial charge in [-0.2, -0.15) is 0 Å². The van der Waals surface area contributed by atoms with Gasteiger partial charge in [0.25, 0.3) is 0 Å². The number of anilines is 1. The summed E-state index contributed by atoms with van der Waals surface area (Å²) < 4.78 is 0. The summed E-state index contributed by atoms with van der Waals surface area (Å²) >= 11 is 0. The maximum atomic E-state index is 9.65. The van der Waals surface area contributed by atoms with Crippen LogP contribution in [0.15, 0.2) is 24.3 Å². The van der Waals surface area contributed by atoms with Crippen molar-refractivity contribution in [2.45, 2.75) is 32.5 Å². The van der Waals surface area contributed by atoms with Crippen molar-refractivity contribution in [2.24, 2.45) is 0 Å². The summed E-state index contributed by atoms with van der Waals surface area (Å²) in [5, 5.41) is 18.9. The summed E-state index contributed by atoms with van der Waals surface area (Å²) in [5.41, 5.74) is 1.95. The third-order valence-corrected chi connectivity index (χ3v) is 2.68. The van der Waals surface area contributed by atoms with Gasteiger partial charge >= 0.3 is 0 Å². The first kappa shape index (κ1) is 13.0. The number of para-hydroxylation sites is 1. The van der Waals surface area contributed by atoms with Gasteiger partial charge in [0, 0.05) is 24.8 Å². The summed E-state index contributed by atoms with van der Waals surface area (Å²) in [4.78, 5) is 2.06. The van der Waals surface area contributed by atoms with Crippen molar-refractivity contribution in [3.05, 3.63) is 29.8 Å². The molecule has 0 fully saturated rings. The van der Waals surface area contributed by atoms with E-state index in [0.717, 1.165) is 24.2 Å². The molecule has 0 radical (unpaired) electrons. The Morgan fingerprint density at radius 2 is 1.81 bits per heavy atom. The van der Waals surface area contributed by atoms with Crippen LogP contribution in [-0.4, -0.2) is 29.9 Å². The molecule has 0 amide bonds. The Balaban J connectivity index is 2.77. The summed E-state index contributed by atoms with van der Waals surface area (Å²) in [6.07, 6.45) is -0.0312. The molecule has 2 N–H and O–H groups in total. The fraction of sp³-hybridized carbons (Fsp3) is 0.538. The number of hydrogen-bond donors (Lipinski definition) is 2. The summed E-state index contributed by atoms with van der Waals surface area (Å²) in [7, 11) is 1.98. The van der Waals surface area contributed by atoms with E-state index in [-0.39, 0.29) is 6.10 Å². The monoisotopic (exact) mass is 223 g/mol.